The summed E-state index contributed by atoms with van der Waals surface area (Å²) in [5, 5.41) is 4.21. The molecule has 2 heterocycles. The van der Waals surface area contributed by atoms with E-state index in [-0.39, 0.29) is 0 Å². The summed E-state index contributed by atoms with van der Waals surface area (Å²) in [5.41, 5.74) is 2.20. The van der Waals surface area contributed by atoms with Crippen molar-refractivity contribution >= 4 is 22.6 Å². The van der Waals surface area contributed by atoms with Crippen LogP contribution < -0.4 is 5.32 Å². The Morgan fingerprint density at radius 3 is 2.94 bits per heavy atom. The zero-order valence-corrected chi connectivity index (χ0v) is 11.5. The van der Waals surface area contributed by atoms with Crippen LogP contribution in [-0.2, 0) is 6.54 Å². The van der Waals surface area contributed by atoms with Crippen molar-refractivity contribution in [3.63, 3.8) is 0 Å². The Bertz CT molecular complexity index is 576. The summed E-state index contributed by atoms with van der Waals surface area (Å²) >= 11 is 6.05. The highest BCUT2D eigenvalue weighted by atomic mass is 35.5. The zero-order valence-electron chi connectivity index (χ0n) is 10.8. The predicted molar refractivity (Wildman–Crippen MR) is 75.2 cm³/mol. The van der Waals surface area contributed by atoms with Gasteiger partial charge in [0.1, 0.15) is 5.82 Å². The number of aromatic nitrogens is 2. The van der Waals surface area contributed by atoms with E-state index in [2.05, 4.69) is 29.8 Å². The highest BCUT2D eigenvalue weighted by Crippen LogP contribution is 2.30. The van der Waals surface area contributed by atoms with E-state index in [9.17, 15) is 0 Å². The minimum atomic E-state index is 0.510. The van der Waals surface area contributed by atoms with Crippen LogP contribution in [0.15, 0.2) is 18.2 Å². The third-order valence-electron chi connectivity index (χ3n) is 3.91. The number of nitrogens with zero attached hydrogens (tertiary/aromatic N) is 2. The molecule has 2 aromatic rings. The second-order valence-corrected chi connectivity index (χ2v) is 5.53. The van der Waals surface area contributed by atoms with Gasteiger partial charge in [0.15, 0.2) is 0 Å². The Labute approximate surface area is 112 Å². The van der Waals surface area contributed by atoms with Gasteiger partial charge in [-0.05, 0) is 37.6 Å². The lowest BCUT2D eigenvalue weighted by molar-refractivity contribution is 0.522. The maximum absolute atomic E-state index is 6.05. The topological polar surface area (TPSA) is 29.9 Å². The van der Waals surface area contributed by atoms with Crippen LogP contribution in [0.5, 0.6) is 0 Å². The number of rotatable bonds is 2. The fourth-order valence-electron chi connectivity index (χ4n) is 2.89. The summed E-state index contributed by atoms with van der Waals surface area (Å²) in [5.74, 6) is 2.35. The number of fused-ring (bicyclic) bond motifs is 1. The van der Waals surface area contributed by atoms with Crippen LogP contribution in [-0.4, -0.2) is 22.6 Å². The van der Waals surface area contributed by atoms with Crippen molar-refractivity contribution in [2.45, 2.75) is 26.3 Å². The van der Waals surface area contributed by atoms with Gasteiger partial charge >= 0.3 is 0 Å². The summed E-state index contributed by atoms with van der Waals surface area (Å²) in [7, 11) is 0. The molecule has 0 radical (unpaired) electrons. The molecule has 1 aliphatic heterocycles. The average Bonchev–Trinajstić information content (AvgIpc) is 2.91. The Balaban J connectivity index is 2.16. The molecular formula is C14H18ClN3. The predicted octanol–water partition coefficient (Wildman–Crippen LogP) is 3.03. The van der Waals surface area contributed by atoms with E-state index in [0.29, 0.717) is 11.8 Å². The second kappa shape index (κ2) is 4.56. The Hall–Kier alpha value is -1.06. The molecule has 0 saturated carbocycles. The first kappa shape index (κ1) is 12.0. The molecule has 2 atom stereocenters. The van der Waals surface area contributed by atoms with Gasteiger partial charge in [0, 0.05) is 24.0 Å². The number of nitrogens with one attached hydrogen (secondary N) is 1. The van der Waals surface area contributed by atoms with Crippen molar-refractivity contribution < 1.29 is 0 Å². The molecule has 1 aromatic heterocycles. The fraction of sp³-hybridized carbons (Fsp3) is 0.500. The van der Waals surface area contributed by atoms with E-state index < -0.39 is 0 Å². The molecule has 1 fully saturated rings. The minimum absolute atomic E-state index is 0.510. The van der Waals surface area contributed by atoms with Crippen molar-refractivity contribution in [3.05, 3.63) is 29.0 Å². The lowest BCUT2D eigenvalue weighted by atomic mass is 9.97. The molecule has 3 rings (SSSR count). The maximum atomic E-state index is 6.05. The smallest absolute Gasteiger partial charge is 0.114 e. The highest BCUT2D eigenvalue weighted by molar-refractivity contribution is 6.31. The summed E-state index contributed by atoms with van der Waals surface area (Å²) in [6, 6.07) is 5.97. The van der Waals surface area contributed by atoms with Gasteiger partial charge in [0.25, 0.3) is 0 Å². The van der Waals surface area contributed by atoms with Crippen LogP contribution in [0.4, 0.5) is 0 Å². The van der Waals surface area contributed by atoms with Crippen LogP contribution in [0.25, 0.3) is 11.0 Å². The number of benzene rings is 1. The fourth-order valence-corrected chi connectivity index (χ4v) is 3.06. The molecule has 0 amide bonds. The molecule has 0 bridgehead atoms. The van der Waals surface area contributed by atoms with Gasteiger partial charge in [-0.2, -0.15) is 0 Å². The van der Waals surface area contributed by atoms with Crippen molar-refractivity contribution in [1.29, 1.82) is 0 Å². The molecule has 0 spiro atoms. The van der Waals surface area contributed by atoms with Crippen molar-refractivity contribution in [1.82, 2.24) is 14.9 Å². The Morgan fingerprint density at radius 2 is 2.28 bits per heavy atom. The molecule has 3 nitrogen and oxygen atoms in total. The number of imidazole rings is 1. The maximum Gasteiger partial charge on any atom is 0.114 e. The number of hydrogen-bond donors (Lipinski definition) is 1. The molecule has 0 aliphatic carbocycles. The summed E-state index contributed by atoms with van der Waals surface area (Å²) in [4.78, 5) is 4.82. The van der Waals surface area contributed by atoms with Gasteiger partial charge in [0.2, 0.25) is 0 Å². The highest BCUT2D eigenvalue weighted by Gasteiger charge is 2.29. The normalized spacial score (nSPS) is 23.9. The van der Waals surface area contributed by atoms with Crippen molar-refractivity contribution in [3.8, 4) is 0 Å². The molecule has 1 N–H and O–H groups in total. The molecule has 1 aliphatic rings. The Morgan fingerprint density at radius 1 is 1.44 bits per heavy atom. The largest absolute Gasteiger partial charge is 0.328 e. The van der Waals surface area contributed by atoms with Crippen LogP contribution in [0.2, 0.25) is 5.02 Å². The zero-order chi connectivity index (χ0) is 12.7. The monoisotopic (exact) mass is 263 g/mol. The summed E-state index contributed by atoms with van der Waals surface area (Å²) in [6.45, 7) is 7.52. The van der Waals surface area contributed by atoms with Crippen LogP contribution >= 0.6 is 11.6 Å². The summed E-state index contributed by atoms with van der Waals surface area (Å²) < 4.78 is 2.32. The number of halogens is 1. The van der Waals surface area contributed by atoms with Crippen molar-refractivity contribution in [2.75, 3.05) is 13.1 Å². The van der Waals surface area contributed by atoms with E-state index in [0.717, 1.165) is 30.2 Å². The van der Waals surface area contributed by atoms with Crippen LogP contribution in [0.1, 0.15) is 25.6 Å². The van der Waals surface area contributed by atoms with Crippen molar-refractivity contribution in [2.24, 2.45) is 5.92 Å². The van der Waals surface area contributed by atoms with E-state index >= 15 is 0 Å². The van der Waals surface area contributed by atoms with E-state index in [4.69, 9.17) is 16.6 Å². The first-order valence-corrected chi connectivity index (χ1v) is 6.95. The minimum Gasteiger partial charge on any atom is -0.328 e. The quantitative estimate of drug-likeness (QED) is 0.903. The van der Waals surface area contributed by atoms with E-state index in [1.165, 1.54) is 11.3 Å². The van der Waals surface area contributed by atoms with Gasteiger partial charge in [-0.1, -0.05) is 18.5 Å². The molecule has 4 heteroatoms. The average molecular weight is 264 g/mol. The molecule has 18 heavy (non-hydrogen) atoms. The molecular weight excluding hydrogens is 246 g/mol. The van der Waals surface area contributed by atoms with Crippen LogP contribution in [0, 0.1) is 5.92 Å². The standard InChI is InChI=1S/C14H18ClN3/c1-3-18-13-5-4-10(15)6-12(13)17-14(18)11-8-16-7-9(11)2/h4-6,9,11,16H,3,7-8H2,1-2H3. The summed E-state index contributed by atoms with van der Waals surface area (Å²) in [6.07, 6.45) is 0. The van der Waals surface area contributed by atoms with Gasteiger partial charge in [0.05, 0.1) is 11.0 Å². The van der Waals surface area contributed by atoms with Gasteiger partial charge < -0.3 is 9.88 Å². The van der Waals surface area contributed by atoms with E-state index in [1.54, 1.807) is 0 Å². The molecule has 96 valence electrons. The lowest BCUT2D eigenvalue weighted by Gasteiger charge is -2.15. The third-order valence-corrected chi connectivity index (χ3v) is 4.14. The van der Waals surface area contributed by atoms with Crippen LogP contribution in [0.3, 0.4) is 0 Å². The molecule has 2 unspecified atom stereocenters. The third kappa shape index (κ3) is 1.82. The van der Waals surface area contributed by atoms with Gasteiger partial charge in [-0.15, -0.1) is 0 Å². The second-order valence-electron chi connectivity index (χ2n) is 5.09. The van der Waals surface area contributed by atoms with Gasteiger partial charge in [-0.25, -0.2) is 4.98 Å². The lowest BCUT2D eigenvalue weighted by Crippen LogP contribution is -2.14. The SMILES string of the molecule is CCn1c(C2CNCC2C)nc2cc(Cl)ccc21. The first-order chi connectivity index (χ1) is 8.70. The molecule has 1 aromatic carbocycles. The van der Waals surface area contributed by atoms with Gasteiger partial charge in [-0.3, -0.25) is 0 Å². The first-order valence-electron chi connectivity index (χ1n) is 6.57. The number of hydrogen-bond acceptors (Lipinski definition) is 2. The molecule has 1 saturated heterocycles. The Kier molecular flexibility index (Phi) is 3.04. The number of aryl methyl sites for hydroxylation is 1. The van der Waals surface area contributed by atoms with E-state index in [1.807, 2.05) is 12.1 Å².